The van der Waals surface area contributed by atoms with Gasteiger partial charge in [-0.05, 0) is 67.0 Å². The number of hydrogen-bond donors (Lipinski definition) is 2. The Morgan fingerprint density at radius 2 is 1.86 bits per heavy atom. The summed E-state index contributed by atoms with van der Waals surface area (Å²) < 4.78 is 7.70. The van der Waals surface area contributed by atoms with Crippen LogP contribution in [0.5, 0.6) is 5.88 Å². The average Bonchev–Trinajstić information content (AvgIpc) is 2.36. The van der Waals surface area contributed by atoms with Gasteiger partial charge in [-0.3, -0.25) is 0 Å². The molecule has 1 heterocycles. The van der Waals surface area contributed by atoms with Gasteiger partial charge in [0, 0.05) is 8.95 Å². The van der Waals surface area contributed by atoms with Crippen LogP contribution < -0.4 is 15.8 Å². The topological polar surface area (TPSA) is 60.2 Å². The van der Waals surface area contributed by atoms with Crippen molar-refractivity contribution in [2.24, 2.45) is 0 Å². The van der Waals surface area contributed by atoms with Crippen LogP contribution in [0.1, 0.15) is 20.8 Å². The minimum absolute atomic E-state index is 0.351. The maximum absolute atomic E-state index is 5.91. The second kappa shape index (κ2) is 6.23. The summed E-state index contributed by atoms with van der Waals surface area (Å²) in [5.74, 6) is 1.10. The van der Waals surface area contributed by atoms with E-state index in [1.54, 1.807) is 6.07 Å². The summed E-state index contributed by atoms with van der Waals surface area (Å²) in [4.78, 5) is 4.43. The lowest BCUT2D eigenvalue weighted by molar-refractivity contribution is 0.125. The van der Waals surface area contributed by atoms with Crippen molar-refractivity contribution in [2.45, 2.75) is 26.4 Å². The quantitative estimate of drug-likeness (QED) is 0.732. The lowest BCUT2D eigenvalue weighted by atomic mass is 10.2. The van der Waals surface area contributed by atoms with E-state index in [1.807, 2.05) is 45.0 Å². The zero-order valence-electron chi connectivity index (χ0n) is 12.1. The van der Waals surface area contributed by atoms with Crippen molar-refractivity contribution in [1.82, 2.24) is 4.98 Å². The Bertz CT molecular complexity index is 654. The van der Waals surface area contributed by atoms with E-state index in [0.29, 0.717) is 17.4 Å². The highest BCUT2D eigenvalue weighted by Crippen LogP contribution is 2.30. The highest BCUT2D eigenvalue weighted by atomic mass is 79.9. The standard InChI is InChI=1S/C15H17Br2N3O/c1-15(2,3)21-14-11(18)6-7-13(20-14)19-12-8-9(16)4-5-10(12)17/h4-8H,18H2,1-3H3,(H,19,20). The molecule has 2 rings (SSSR count). The number of aromatic nitrogens is 1. The molecule has 0 spiro atoms. The molecule has 1 aromatic heterocycles. The van der Waals surface area contributed by atoms with Gasteiger partial charge in [0.2, 0.25) is 5.88 Å². The fraction of sp³-hybridized carbons (Fsp3) is 0.267. The van der Waals surface area contributed by atoms with Crippen molar-refractivity contribution in [3.8, 4) is 5.88 Å². The normalized spacial score (nSPS) is 11.3. The van der Waals surface area contributed by atoms with Crippen LogP contribution in [0.3, 0.4) is 0 Å². The van der Waals surface area contributed by atoms with Gasteiger partial charge in [-0.2, -0.15) is 4.98 Å². The second-order valence-electron chi connectivity index (χ2n) is 5.55. The van der Waals surface area contributed by atoms with Gasteiger partial charge in [0.05, 0.1) is 11.4 Å². The smallest absolute Gasteiger partial charge is 0.239 e. The predicted octanol–water partition coefficient (Wildman–Crippen LogP) is 5.11. The molecule has 0 bridgehead atoms. The summed E-state index contributed by atoms with van der Waals surface area (Å²) in [6.07, 6.45) is 0. The van der Waals surface area contributed by atoms with Crippen LogP contribution in [-0.4, -0.2) is 10.6 Å². The number of ether oxygens (including phenoxy) is 1. The van der Waals surface area contributed by atoms with Gasteiger partial charge in [-0.25, -0.2) is 0 Å². The van der Waals surface area contributed by atoms with Gasteiger partial charge >= 0.3 is 0 Å². The predicted molar refractivity (Wildman–Crippen MR) is 94.2 cm³/mol. The Kier molecular flexibility index (Phi) is 4.78. The Morgan fingerprint density at radius 1 is 1.14 bits per heavy atom. The number of hydrogen-bond acceptors (Lipinski definition) is 4. The molecule has 21 heavy (non-hydrogen) atoms. The molecule has 1 aromatic carbocycles. The van der Waals surface area contributed by atoms with E-state index in [-0.39, 0.29) is 5.60 Å². The van der Waals surface area contributed by atoms with Gasteiger partial charge < -0.3 is 15.8 Å². The monoisotopic (exact) mass is 413 g/mol. The largest absolute Gasteiger partial charge is 0.470 e. The molecule has 0 unspecified atom stereocenters. The first-order chi connectivity index (χ1) is 9.74. The third-order valence-corrected chi connectivity index (χ3v) is 3.67. The van der Waals surface area contributed by atoms with Crippen molar-refractivity contribution in [3.05, 3.63) is 39.3 Å². The molecule has 0 saturated heterocycles. The molecule has 0 atom stereocenters. The van der Waals surface area contributed by atoms with Crippen molar-refractivity contribution >= 4 is 49.1 Å². The number of nitrogens with two attached hydrogens (primary N) is 1. The zero-order valence-corrected chi connectivity index (χ0v) is 15.2. The molecule has 6 heteroatoms. The number of nitrogen functional groups attached to an aromatic ring is 1. The second-order valence-corrected chi connectivity index (χ2v) is 7.32. The average molecular weight is 415 g/mol. The number of pyridine rings is 1. The summed E-state index contributed by atoms with van der Waals surface area (Å²) in [6, 6.07) is 9.48. The Labute approximate surface area is 141 Å². The summed E-state index contributed by atoms with van der Waals surface area (Å²) in [5.41, 5.74) is 6.98. The fourth-order valence-corrected chi connectivity index (χ4v) is 2.33. The molecule has 3 N–H and O–H groups in total. The van der Waals surface area contributed by atoms with Crippen LogP contribution in [0.25, 0.3) is 0 Å². The Hall–Kier alpha value is -1.27. The van der Waals surface area contributed by atoms with Crippen LogP contribution in [0, 0.1) is 0 Å². The first kappa shape index (κ1) is 16.1. The SMILES string of the molecule is CC(C)(C)Oc1nc(Nc2cc(Br)ccc2Br)ccc1N. The highest BCUT2D eigenvalue weighted by molar-refractivity contribution is 9.11. The van der Waals surface area contributed by atoms with E-state index < -0.39 is 0 Å². The highest BCUT2D eigenvalue weighted by Gasteiger charge is 2.15. The fourth-order valence-electron chi connectivity index (χ4n) is 1.62. The Balaban J connectivity index is 2.29. The summed E-state index contributed by atoms with van der Waals surface area (Å²) in [6.45, 7) is 5.87. The molecule has 0 radical (unpaired) electrons. The van der Waals surface area contributed by atoms with Gasteiger partial charge in [0.15, 0.2) is 0 Å². The number of anilines is 3. The maximum atomic E-state index is 5.91. The number of nitrogens with zero attached hydrogens (tertiary/aromatic N) is 1. The lowest BCUT2D eigenvalue weighted by Gasteiger charge is -2.21. The van der Waals surface area contributed by atoms with Crippen LogP contribution in [0.4, 0.5) is 17.2 Å². The number of nitrogens with one attached hydrogen (secondary N) is 1. The van der Waals surface area contributed by atoms with E-state index in [0.717, 1.165) is 14.6 Å². The molecule has 0 amide bonds. The van der Waals surface area contributed by atoms with Crippen molar-refractivity contribution in [3.63, 3.8) is 0 Å². The van der Waals surface area contributed by atoms with Crippen molar-refractivity contribution in [2.75, 3.05) is 11.1 Å². The van der Waals surface area contributed by atoms with Crippen LogP contribution >= 0.6 is 31.9 Å². The first-order valence-corrected chi connectivity index (χ1v) is 8.01. The third-order valence-electron chi connectivity index (χ3n) is 2.48. The number of rotatable bonds is 3. The van der Waals surface area contributed by atoms with Crippen LogP contribution in [-0.2, 0) is 0 Å². The van der Waals surface area contributed by atoms with Gasteiger partial charge in [0.25, 0.3) is 0 Å². The van der Waals surface area contributed by atoms with E-state index in [1.165, 1.54) is 0 Å². The molecule has 0 fully saturated rings. The molecule has 112 valence electrons. The van der Waals surface area contributed by atoms with E-state index >= 15 is 0 Å². The van der Waals surface area contributed by atoms with Gasteiger partial charge in [-0.1, -0.05) is 15.9 Å². The minimum atomic E-state index is -0.351. The third kappa shape index (κ3) is 4.61. The molecule has 4 nitrogen and oxygen atoms in total. The number of halogens is 2. The van der Waals surface area contributed by atoms with Crippen molar-refractivity contribution in [1.29, 1.82) is 0 Å². The summed E-state index contributed by atoms with van der Waals surface area (Å²) >= 11 is 6.95. The number of benzene rings is 1. The molecule has 2 aromatic rings. The van der Waals surface area contributed by atoms with Crippen LogP contribution in [0.2, 0.25) is 0 Å². The van der Waals surface area contributed by atoms with E-state index in [9.17, 15) is 0 Å². The molecule has 0 saturated carbocycles. The van der Waals surface area contributed by atoms with Gasteiger partial charge in [0.1, 0.15) is 11.4 Å². The molecular formula is C15H17Br2N3O. The minimum Gasteiger partial charge on any atom is -0.470 e. The zero-order chi connectivity index (χ0) is 15.6. The van der Waals surface area contributed by atoms with Crippen LogP contribution in [0.15, 0.2) is 39.3 Å². The summed E-state index contributed by atoms with van der Waals surface area (Å²) in [7, 11) is 0. The van der Waals surface area contributed by atoms with Gasteiger partial charge in [-0.15, -0.1) is 0 Å². The molecule has 0 aliphatic heterocycles. The van der Waals surface area contributed by atoms with Crippen molar-refractivity contribution < 1.29 is 4.74 Å². The Morgan fingerprint density at radius 3 is 2.52 bits per heavy atom. The molecular weight excluding hydrogens is 398 g/mol. The first-order valence-electron chi connectivity index (χ1n) is 6.42. The molecule has 0 aliphatic rings. The molecule has 0 aliphatic carbocycles. The summed E-state index contributed by atoms with van der Waals surface area (Å²) in [5, 5.41) is 3.24. The maximum Gasteiger partial charge on any atom is 0.239 e. The lowest BCUT2D eigenvalue weighted by Crippen LogP contribution is -2.24. The van der Waals surface area contributed by atoms with E-state index in [2.05, 4.69) is 42.2 Å². The van der Waals surface area contributed by atoms with E-state index in [4.69, 9.17) is 10.5 Å².